The van der Waals surface area contributed by atoms with E-state index >= 15 is 0 Å². The van der Waals surface area contributed by atoms with Crippen molar-refractivity contribution in [1.29, 1.82) is 0 Å². The molecular weight excluding hydrogens is 330 g/mol. The Morgan fingerprint density at radius 2 is 1.88 bits per heavy atom. The van der Waals surface area contributed by atoms with E-state index in [2.05, 4.69) is 0 Å². The minimum absolute atomic E-state index is 0.0144. The molecule has 142 valence electrons. The molecule has 0 N–H and O–H groups in total. The minimum Gasteiger partial charge on any atom is -0.442 e. The van der Waals surface area contributed by atoms with E-state index in [4.69, 9.17) is 28.5 Å². The molecule has 0 bridgehead atoms. The number of carbonyl (C=O) groups excluding carboxylic acids is 1. The third-order valence-electron chi connectivity index (χ3n) is 5.01. The molecule has 4 aliphatic heterocycles. The van der Waals surface area contributed by atoms with Crippen LogP contribution in [0.15, 0.2) is 0 Å². The topological polar surface area (TPSA) is 75.7 Å². The van der Waals surface area contributed by atoms with Crippen LogP contribution in [-0.4, -0.2) is 65.9 Å². The van der Waals surface area contributed by atoms with Crippen molar-refractivity contribution in [3.8, 4) is 0 Å². The number of ether oxygens (including phenoxy) is 5. The number of hydroxylamine groups is 2. The lowest BCUT2D eigenvalue weighted by Gasteiger charge is -2.38. The first-order chi connectivity index (χ1) is 11.6. The van der Waals surface area contributed by atoms with Gasteiger partial charge in [-0.1, -0.05) is 0 Å². The highest BCUT2D eigenvalue weighted by molar-refractivity contribution is 5.67. The quantitative estimate of drug-likeness (QED) is 0.654. The predicted molar refractivity (Wildman–Crippen MR) is 84.3 cm³/mol. The zero-order chi connectivity index (χ0) is 18.1. The molecule has 0 aliphatic carbocycles. The van der Waals surface area contributed by atoms with Crippen LogP contribution in [0.2, 0.25) is 0 Å². The summed E-state index contributed by atoms with van der Waals surface area (Å²) in [4.78, 5) is 18.4. The number of rotatable bonds is 0. The third-order valence-corrected chi connectivity index (χ3v) is 5.01. The summed E-state index contributed by atoms with van der Waals surface area (Å²) in [6, 6.07) is -0.287. The van der Waals surface area contributed by atoms with Crippen molar-refractivity contribution >= 4 is 6.09 Å². The van der Waals surface area contributed by atoms with E-state index in [0.717, 1.165) is 0 Å². The van der Waals surface area contributed by atoms with Crippen molar-refractivity contribution in [2.75, 3.05) is 6.61 Å². The van der Waals surface area contributed by atoms with Crippen LogP contribution in [-0.2, 0) is 28.5 Å². The first kappa shape index (κ1) is 17.5. The van der Waals surface area contributed by atoms with Crippen molar-refractivity contribution in [2.45, 2.75) is 89.7 Å². The molecule has 0 radical (unpaired) electrons. The number of fused-ring (bicyclic) bond motifs is 5. The molecule has 4 rings (SSSR count). The highest BCUT2D eigenvalue weighted by Gasteiger charge is 2.64. The number of hydrogen-bond donors (Lipinski definition) is 0. The van der Waals surface area contributed by atoms with Gasteiger partial charge in [-0.15, -0.1) is 0 Å². The maximum Gasteiger partial charge on any atom is 0.434 e. The van der Waals surface area contributed by atoms with Crippen LogP contribution in [0.5, 0.6) is 0 Å². The zero-order valence-electron chi connectivity index (χ0n) is 15.6. The molecule has 0 aromatic rings. The van der Waals surface area contributed by atoms with E-state index in [0.29, 0.717) is 6.61 Å². The molecule has 0 aromatic heterocycles. The SMILES string of the molecule is C[C@@H]1ON(C(=O)OC(C)(C)C)[C@@H]2[C@H]1CO[C@H]1[C@H]3OC(C)(C)O[C@H]3O[C@@H]12. The molecule has 8 heteroatoms. The maximum absolute atomic E-state index is 12.6. The first-order valence-electron chi connectivity index (χ1n) is 8.87. The van der Waals surface area contributed by atoms with E-state index in [-0.39, 0.29) is 36.4 Å². The molecule has 8 nitrogen and oxygen atoms in total. The number of nitrogens with zero attached hydrogens (tertiary/aromatic N) is 1. The molecule has 0 saturated carbocycles. The average molecular weight is 357 g/mol. The fourth-order valence-corrected chi connectivity index (χ4v) is 4.05. The summed E-state index contributed by atoms with van der Waals surface area (Å²) in [5.41, 5.74) is -0.602. The van der Waals surface area contributed by atoms with Crippen LogP contribution in [0.25, 0.3) is 0 Å². The van der Waals surface area contributed by atoms with Gasteiger partial charge in [-0.2, -0.15) is 5.06 Å². The molecule has 1 amide bonds. The van der Waals surface area contributed by atoms with Gasteiger partial charge in [0.15, 0.2) is 12.1 Å². The van der Waals surface area contributed by atoms with E-state index < -0.39 is 23.8 Å². The van der Waals surface area contributed by atoms with Gasteiger partial charge in [0.1, 0.15) is 23.9 Å². The highest BCUT2D eigenvalue weighted by atomic mass is 16.8. The molecule has 4 fully saturated rings. The maximum atomic E-state index is 12.6. The fourth-order valence-electron chi connectivity index (χ4n) is 4.05. The second-order valence-electron chi connectivity index (χ2n) is 8.64. The van der Waals surface area contributed by atoms with E-state index in [1.807, 2.05) is 41.5 Å². The first-order valence-corrected chi connectivity index (χ1v) is 8.87. The Hall–Kier alpha value is -0.930. The standard InChI is InChI=1S/C17H27NO7/c1-8-9-7-20-12-11(21-14-13(12)22-17(5,6)23-14)10(9)18(25-8)15(19)24-16(2,3)4/h8-14H,7H2,1-6H3/t8-,9-,10+,11+,12+,13+,14+/m0/s1. The Labute approximate surface area is 147 Å². The number of carbonyl (C=O) groups is 1. The van der Waals surface area contributed by atoms with Gasteiger partial charge in [-0.25, -0.2) is 4.79 Å². The van der Waals surface area contributed by atoms with Gasteiger partial charge < -0.3 is 23.7 Å². The number of amides is 1. The molecule has 0 spiro atoms. The molecule has 25 heavy (non-hydrogen) atoms. The molecule has 4 saturated heterocycles. The Kier molecular flexibility index (Phi) is 3.87. The van der Waals surface area contributed by atoms with Gasteiger partial charge in [0, 0.05) is 5.92 Å². The van der Waals surface area contributed by atoms with E-state index in [1.54, 1.807) is 0 Å². The third kappa shape index (κ3) is 2.94. The Balaban J connectivity index is 1.56. The van der Waals surface area contributed by atoms with E-state index in [1.165, 1.54) is 5.06 Å². The second-order valence-corrected chi connectivity index (χ2v) is 8.64. The largest absolute Gasteiger partial charge is 0.442 e. The molecular formula is C17H27NO7. The van der Waals surface area contributed by atoms with Crippen LogP contribution < -0.4 is 0 Å². The lowest BCUT2D eigenvalue weighted by molar-refractivity contribution is -0.242. The van der Waals surface area contributed by atoms with Crippen LogP contribution in [0, 0.1) is 5.92 Å². The summed E-state index contributed by atoms with van der Waals surface area (Å²) in [6.45, 7) is 11.6. The van der Waals surface area contributed by atoms with Crippen molar-refractivity contribution in [2.24, 2.45) is 5.92 Å². The summed E-state index contributed by atoms with van der Waals surface area (Å²) in [6.07, 6.45) is -2.15. The summed E-state index contributed by atoms with van der Waals surface area (Å²) in [5.74, 6) is -0.689. The number of hydrogen-bond acceptors (Lipinski definition) is 7. The molecule has 0 unspecified atom stereocenters. The predicted octanol–water partition coefficient (Wildman–Crippen LogP) is 1.82. The average Bonchev–Trinajstić information content (AvgIpc) is 3.05. The van der Waals surface area contributed by atoms with Gasteiger partial charge in [0.25, 0.3) is 0 Å². The van der Waals surface area contributed by atoms with Gasteiger partial charge >= 0.3 is 6.09 Å². The normalized spacial score (nSPS) is 45.0. The smallest absolute Gasteiger partial charge is 0.434 e. The minimum atomic E-state index is -0.704. The van der Waals surface area contributed by atoms with Crippen LogP contribution in [0.3, 0.4) is 0 Å². The van der Waals surface area contributed by atoms with Crippen molar-refractivity contribution in [1.82, 2.24) is 5.06 Å². The fraction of sp³-hybridized carbons (Fsp3) is 0.941. The molecule has 4 heterocycles. The van der Waals surface area contributed by atoms with Gasteiger partial charge in [0.2, 0.25) is 0 Å². The van der Waals surface area contributed by atoms with Crippen molar-refractivity contribution < 1.29 is 33.3 Å². The Morgan fingerprint density at radius 1 is 1.16 bits per heavy atom. The molecule has 7 atom stereocenters. The summed E-state index contributed by atoms with van der Waals surface area (Å²) < 4.78 is 29.4. The van der Waals surface area contributed by atoms with Gasteiger partial charge in [0.05, 0.1) is 18.8 Å². The summed E-state index contributed by atoms with van der Waals surface area (Å²) in [5, 5.41) is 1.33. The lowest BCUT2D eigenvalue weighted by atomic mass is 9.87. The summed E-state index contributed by atoms with van der Waals surface area (Å²) in [7, 11) is 0. The second kappa shape index (κ2) is 5.53. The van der Waals surface area contributed by atoms with Crippen molar-refractivity contribution in [3.05, 3.63) is 0 Å². The van der Waals surface area contributed by atoms with Gasteiger partial charge in [-0.3, -0.25) is 4.84 Å². The molecule has 4 aliphatic rings. The monoisotopic (exact) mass is 357 g/mol. The lowest BCUT2D eigenvalue weighted by Crippen LogP contribution is -2.56. The Morgan fingerprint density at radius 3 is 2.56 bits per heavy atom. The highest BCUT2D eigenvalue weighted by Crippen LogP contribution is 2.46. The zero-order valence-corrected chi connectivity index (χ0v) is 15.6. The molecule has 0 aromatic carbocycles. The van der Waals surface area contributed by atoms with Crippen molar-refractivity contribution in [3.63, 3.8) is 0 Å². The summed E-state index contributed by atoms with van der Waals surface area (Å²) >= 11 is 0. The van der Waals surface area contributed by atoms with Crippen LogP contribution >= 0.6 is 0 Å². The van der Waals surface area contributed by atoms with Crippen LogP contribution in [0.4, 0.5) is 4.79 Å². The van der Waals surface area contributed by atoms with Gasteiger partial charge in [-0.05, 0) is 41.5 Å². The van der Waals surface area contributed by atoms with E-state index in [9.17, 15) is 4.79 Å². The van der Waals surface area contributed by atoms with Crippen LogP contribution in [0.1, 0.15) is 41.5 Å². The Bertz CT molecular complexity index is 560.